The molecule has 0 aliphatic carbocycles. The molecule has 0 aromatic heterocycles. The van der Waals surface area contributed by atoms with E-state index < -0.39 is 0 Å². The first-order valence-electron chi connectivity index (χ1n) is 9.45. The van der Waals surface area contributed by atoms with Gasteiger partial charge in [0.25, 0.3) is 0 Å². The fourth-order valence-electron chi connectivity index (χ4n) is 3.80. The highest BCUT2D eigenvalue weighted by Crippen LogP contribution is 2.32. The van der Waals surface area contributed by atoms with Crippen LogP contribution in [0.2, 0.25) is 0 Å². The van der Waals surface area contributed by atoms with Crippen molar-refractivity contribution in [3.63, 3.8) is 0 Å². The number of nitrogens with zero attached hydrogens (tertiary/aromatic N) is 2. The summed E-state index contributed by atoms with van der Waals surface area (Å²) in [5.74, 6) is 0. The number of hydrogen-bond donors (Lipinski definition) is 0. The molecule has 2 heterocycles. The number of likely N-dealkylation sites (tertiary alicyclic amines) is 1. The summed E-state index contributed by atoms with van der Waals surface area (Å²) in [6, 6.07) is 10.3. The van der Waals surface area contributed by atoms with Gasteiger partial charge in [-0.15, -0.1) is 0 Å². The predicted molar refractivity (Wildman–Crippen MR) is 97.5 cm³/mol. The summed E-state index contributed by atoms with van der Waals surface area (Å²) in [7, 11) is 1.83. The molecule has 2 aliphatic rings. The number of ether oxygens (including phenoxy) is 2. The number of rotatable bonds is 7. The first-order chi connectivity index (χ1) is 12.2. The first kappa shape index (κ1) is 18.2. The molecule has 5 heteroatoms. The van der Waals surface area contributed by atoms with Crippen molar-refractivity contribution in [2.45, 2.75) is 44.3 Å². The summed E-state index contributed by atoms with van der Waals surface area (Å²) in [5.41, 5.74) is 0.996. The molecule has 3 rings (SSSR count). The lowest BCUT2D eigenvalue weighted by Gasteiger charge is -2.25. The molecule has 1 aromatic carbocycles. The van der Waals surface area contributed by atoms with Crippen molar-refractivity contribution in [2.24, 2.45) is 0 Å². The quantitative estimate of drug-likeness (QED) is 0.711. The second-order valence-electron chi connectivity index (χ2n) is 7.35. The Morgan fingerprint density at radius 2 is 2.00 bits per heavy atom. The van der Waals surface area contributed by atoms with Crippen molar-refractivity contribution in [3.05, 3.63) is 35.9 Å². The van der Waals surface area contributed by atoms with Crippen LogP contribution in [-0.4, -0.2) is 61.3 Å². The zero-order valence-electron chi connectivity index (χ0n) is 15.3. The molecule has 0 N–H and O–H groups in total. The van der Waals surface area contributed by atoms with Crippen LogP contribution in [0.5, 0.6) is 0 Å². The number of hydrogen-bond acceptors (Lipinski definition) is 4. The van der Waals surface area contributed by atoms with Gasteiger partial charge in [-0.05, 0) is 44.3 Å². The third-order valence-electron chi connectivity index (χ3n) is 5.26. The van der Waals surface area contributed by atoms with Crippen LogP contribution in [0.3, 0.4) is 0 Å². The van der Waals surface area contributed by atoms with Gasteiger partial charge in [0.15, 0.2) is 0 Å². The molecule has 2 saturated heterocycles. The smallest absolute Gasteiger partial charge is 0.410 e. The Bertz CT molecular complexity index is 551. The Morgan fingerprint density at radius 1 is 1.16 bits per heavy atom. The van der Waals surface area contributed by atoms with Gasteiger partial charge in [0.05, 0.1) is 13.2 Å². The topological polar surface area (TPSA) is 42.0 Å². The van der Waals surface area contributed by atoms with Crippen molar-refractivity contribution in [1.82, 2.24) is 9.80 Å². The zero-order chi connectivity index (χ0) is 17.5. The van der Waals surface area contributed by atoms with Crippen LogP contribution >= 0.6 is 0 Å². The molecule has 2 fully saturated rings. The second-order valence-corrected chi connectivity index (χ2v) is 7.35. The molecule has 1 aromatic rings. The number of carbonyl (C=O) groups excluding carboxylic acids is 1. The van der Waals surface area contributed by atoms with E-state index in [1.165, 1.54) is 5.56 Å². The summed E-state index contributed by atoms with van der Waals surface area (Å²) in [5, 5.41) is 0. The van der Waals surface area contributed by atoms with Gasteiger partial charge in [0, 0.05) is 26.6 Å². The van der Waals surface area contributed by atoms with E-state index in [2.05, 4.69) is 17.0 Å². The maximum absolute atomic E-state index is 11.7. The highest BCUT2D eigenvalue weighted by atomic mass is 16.6. The molecule has 5 nitrogen and oxygen atoms in total. The van der Waals surface area contributed by atoms with Crippen LogP contribution in [0.25, 0.3) is 0 Å². The van der Waals surface area contributed by atoms with E-state index >= 15 is 0 Å². The molecule has 1 amide bonds. The fourth-order valence-corrected chi connectivity index (χ4v) is 3.80. The van der Waals surface area contributed by atoms with E-state index in [1.54, 1.807) is 4.90 Å². The number of amides is 1. The molecule has 0 bridgehead atoms. The molecular formula is C20H30N2O3. The Hall–Kier alpha value is -1.59. The minimum absolute atomic E-state index is 0.163. The Morgan fingerprint density at radius 3 is 2.76 bits per heavy atom. The lowest BCUT2D eigenvalue weighted by atomic mass is 9.95. The molecule has 0 saturated carbocycles. The largest absolute Gasteiger partial charge is 0.441 e. The zero-order valence-corrected chi connectivity index (χ0v) is 15.3. The molecule has 1 unspecified atom stereocenters. The maximum atomic E-state index is 11.7. The second kappa shape index (κ2) is 8.68. The molecule has 1 spiro atoms. The first-order valence-corrected chi connectivity index (χ1v) is 9.45. The standard InChI is InChI=1S/C20H30N2O3/c1-21-17-20(25-19(21)23)10-7-13-22(14-11-20)12-5-6-15-24-16-18-8-3-2-4-9-18/h2-4,8-9H,5-7,10-17H2,1H3. The van der Waals surface area contributed by atoms with Gasteiger partial charge in [-0.3, -0.25) is 0 Å². The van der Waals surface area contributed by atoms with Crippen molar-refractivity contribution in [1.29, 1.82) is 0 Å². The lowest BCUT2D eigenvalue weighted by molar-refractivity contribution is 0.0443. The van der Waals surface area contributed by atoms with E-state index in [1.807, 2.05) is 25.2 Å². The molecule has 1 atom stereocenters. The predicted octanol–water partition coefficient (Wildman–Crippen LogP) is 3.29. The summed E-state index contributed by atoms with van der Waals surface area (Å²) in [6.45, 7) is 5.49. The van der Waals surface area contributed by atoms with Gasteiger partial charge in [0.1, 0.15) is 5.60 Å². The van der Waals surface area contributed by atoms with E-state index in [-0.39, 0.29) is 11.7 Å². The minimum Gasteiger partial charge on any atom is -0.441 e. The van der Waals surface area contributed by atoms with Gasteiger partial charge >= 0.3 is 6.09 Å². The average molecular weight is 346 g/mol. The van der Waals surface area contributed by atoms with Gasteiger partial charge < -0.3 is 19.3 Å². The average Bonchev–Trinajstić information content (AvgIpc) is 2.78. The van der Waals surface area contributed by atoms with Crippen molar-refractivity contribution >= 4 is 6.09 Å². The Labute approximate surface area is 150 Å². The number of likely N-dealkylation sites (N-methyl/N-ethyl adjacent to an activating group) is 1. The summed E-state index contributed by atoms with van der Waals surface area (Å²) < 4.78 is 11.4. The summed E-state index contributed by atoms with van der Waals surface area (Å²) in [6.07, 6.45) is 5.12. The van der Waals surface area contributed by atoms with Crippen LogP contribution in [0.1, 0.15) is 37.7 Å². The Balaban J connectivity index is 1.30. The third-order valence-corrected chi connectivity index (χ3v) is 5.26. The van der Waals surface area contributed by atoms with Crippen molar-refractivity contribution < 1.29 is 14.3 Å². The number of carbonyl (C=O) groups is 1. The lowest BCUT2D eigenvalue weighted by Crippen LogP contribution is -2.35. The van der Waals surface area contributed by atoms with Gasteiger partial charge in [0.2, 0.25) is 0 Å². The SMILES string of the molecule is CN1CC2(CCCN(CCCCOCc3ccccc3)CC2)OC1=O. The maximum Gasteiger partial charge on any atom is 0.410 e. The minimum atomic E-state index is -0.237. The normalized spacial score (nSPS) is 24.5. The van der Waals surface area contributed by atoms with Crippen LogP contribution in [0.15, 0.2) is 30.3 Å². The van der Waals surface area contributed by atoms with Gasteiger partial charge in [-0.1, -0.05) is 30.3 Å². The van der Waals surface area contributed by atoms with Crippen LogP contribution in [0.4, 0.5) is 4.79 Å². The molecule has 0 radical (unpaired) electrons. The highest BCUT2D eigenvalue weighted by Gasteiger charge is 2.44. The molecular weight excluding hydrogens is 316 g/mol. The van der Waals surface area contributed by atoms with E-state index in [0.29, 0.717) is 6.61 Å². The van der Waals surface area contributed by atoms with Gasteiger partial charge in [-0.25, -0.2) is 4.79 Å². The number of benzene rings is 1. The Kier molecular flexibility index (Phi) is 6.32. The molecule has 138 valence electrons. The monoisotopic (exact) mass is 346 g/mol. The fraction of sp³-hybridized carbons (Fsp3) is 0.650. The van der Waals surface area contributed by atoms with Crippen LogP contribution in [-0.2, 0) is 16.1 Å². The van der Waals surface area contributed by atoms with E-state index in [4.69, 9.17) is 9.47 Å². The van der Waals surface area contributed by atoms with E-state index in [0.717, 1.165) is 64.9 Å². The van der Waals surface area contributed by atoms with Gasteiger partial charge in [-0.2, -0.15) is 0 Å². The van der Waals surface area contributed by atoms with Crippen LogP contribution < -0.4 is 0 Å². The van der Waals surface area contributed by atoms with Crippen molar-refractivity contribution in [2.75, 3.05) is 39.8 Å². The summed E-state index contributed by atoms with van der Waals surface area (Å²) >= 11 is 0. The number of unbranched alkanes of at least 4 members (excludes halogenated alkanes) is 1. The highest BCUT2D eigenvalue weighted by molar-refractivity contribution is 5.70. The van der Waals surface area contributed by atoms with Crippen molar-refractivity contribution in [3.8, 4) is 0 Å². The van der Waals surface area contributed by atoms with E-state index in [9.17, 15) is 4.79 Å². The molecule has 2 aliphatic heterocycles. The summed E-state index contributed by atoms with van der Waals surface area (Å²) in [4.78, 5) is 15.9. The van der Waals surface area contributed by atoms with Crippen LogP contribution in [0, 0.1) is 0 Å². The molecule has 25 heavy (non-hydrogen) atoms. The third kappa shape index (κ3) is 5.19.